The predicted octanol–water partition coefficient (Wildman–Crippen LogP) is 4.57. The minimum Gasteiger partial charge on any atom is -0.480 e. The van der Waals surface area contributed by atoms with Crippen LogP contribution in [0.1, 0.15) is 33.6 Å². The molecule has 1 fully saturated rings. The highest BCUT2D eigenvalue weighted by atomic mass is 35.5. The number of nitrogens with zero attached hydrogens (tertiary/aromatic N) is 4. The summed E-state index contributed by atoms with van der Waals surface area (Å²) in [6.45, 7) is 7.96. The maximum Gasteiger partial charge on any atom is 0.293 e. The van der Waals surface area contributed by atoms with Gasteiger partial charge in [-0.15, -0.1) is 0 Å². The van der Waals surface area contributed by atoms with E-state index in [-0.39, 0.29) is 23.7 Å². The van der Waals surface area contributed by atoms with E-state index < -0.39 is 0 Å². The van der Waals surface area contributed by atoms with Gasteiger partial charge in [-0.05, 0) is 42.5 Å². The quantitative estimate of drug-likeness (QED) is 0.526. The van der Waals surface area contributed by atoms with Crippen LogP contribution in [0.2, 0.25) is 5.02 Å². The third-order valence-corrected chi connectivity index (χ3v) is 6.40. The maximum absolute atomic E-state index is 12.6. The van der Waals surface area contributed by atoms with Crippen molar-refractivity contribution in [2.45, 2.75) is 33.6 Å². The molecule has 34 heavy (non-hydrogen) atoms. The first-order chi connectivity index (χ1) is 16.2. The standard InChI is InChI=1S/C25H30ClN5O3/c1-5-19(32)14-34-22-10-17-9-18(6-7-21(17)30(4)24(22)33)28-23-20(26)11-27-25(29-23)31-12-15(2)8-16(3)13-31/h6-7,9-11,15-16H,5,8,12-14H2,1-4H3,(H,27,28,29)/t15-,16+. The molecule has 0 unspecified atom stereocenters. The summed E-state index contributed by atoms with van der Waals surface area (Å²) in [6.07, 6.45) is 3.18. The van der Waals surface area contributed by atoms with E-state index in [0.29, 0.717) is 35.0 Å². The highest BCUT2D eigenvalue weighted by molar-refractivity contribution is 6.32. The van der Waals surface area contributed by atoms with Gasteiger partial charge in [0.05, 0.1) is 11.7 Å². The summed E-state index contributed by atoms with van der Waals surface area (Å²) in [5.41, 5.74) is 1.22. The molecule has 2 aromatic heterocycles. The molecule has 2 atom stereocenters. The first kappa shape index (κ1) is 24.0. The van der Waals surface area contributed by atoms with Crippen molar-refractivity contribution in [3.63, 3.8) is 0 Å². The van der Waals surface area contributed by atoms with E-state index in [2.05, 4.69) is 29.0 Å². The zero-order valence-corrected chi connectivity index (χ0v) is 20.7. The summed E-state index contributed by atoms with van der Waals surface area (Å²) in [5, 5.41) is 4.50. The number of carbonyl (C=O) groups is 1. The van der Waals surface area contributed by atoms with Gasteiger partial charge in [-0.2, -0.15) is 4.98 Å². The van der Waals surface area contributed by atoms with Crippen molar-refractivity contribution in [1.82, 2.24) is 14.5 Å². The van der Waals surface area contributed by atoms with Crippen LogP contribution < -0.4 is 20.5 Å². The number of ether oxygens (including phenoxy) is 1. The first-order valence-electron chi connectivity index (χ1n) is 11.6. The number of benzene rings is 1. The number of Topliss-reactive ketones (excluding diaryl/α,β-unsaturated/α-hetero) is 1. The van der Waals surface area contributed by atoms with E-state index in [1.807, 2.05) is 18.2 Å². The third-order valence-electron chi connectivity index (χ3n) is 6.12. The van der Waals surface area contributed by atoms with Crippen LogP contribution in [0.5, 0.6) is 5.75 Å². The molecule has 0 aliphatic carbocycles. The van der Waals surface area contributed by atoms with Crippen LogP contribution in [-0.2, 0) is 11.8 Å². The average molecular weight is 484 g/mol. The molecule has 0 amide bonds. The van der Waals surface area contributed by atoms with Gasteiger partial charge < -0.3 is 19.5 Å². The Morgan fingerprint density at radius 2 is 1.97 bits per heavy atom. The number of fused-ring (bicyclic) bond motifs is 1. The van der Waals surface area contributed by atoms with Gasteiger partial charge in [0.2, 0.25) is 5.95 Å². The summed E-state index contributed by atoms with van der Waals surface area (Å²) in [6, 6.07) is 7.28. The number of aromatic nitrogens is 3. The Morgan fingerprint density at radius 3 is 2.68 bits per heavy atom. The van der Waals surface area contributed by atoms with Gasteiger partial charge >= 0.3 is 0 Å². The number of piperidine rings is 1. The van der Waals surface area contributed by atoms with E-state index in [1.165, 1.54) is 11.0 Å². The summed E-state index contributed by atoms with van der Waals surface area (Å²) in [4.78, 5) is 35.6. The van der Waals surface area contributed by atoms with Crippen molar-refractivity contribution in [1.29, 1.82) is 0 Å². The van der Waals surface area contributed by atoms with Crippen molar-refractivity contribution in [3.8, 4) is 5.75 Å². The molecule has 1 aliphatic rings. The number of halogens is 1. The molecule has 3 heterocycles. The van der Waals surface area contributed by atoms with E-state index in [4.69, 9.17) is 21.3 Å². The second-order valence-corrected chi connectivity index (χ2v) is 9.58. The van der Waals surface area contributed by atoms with Gasteiger partial charge in [-0.3, -0.25) is 9.59 Å². The Kier molecular flexibility index (Phi) is 7.07. The van der Waals surface area contributed by atoms with Gasteiger partial charge in [0, 0.05) is 37.6 Å². The average Bonchev–Trinajstić information content (AvgIpc) is 2.81. The molecule has 1 aliphatic heterocycles. The van der Waals surface area contributed by atoms with Crippen molar-refractivity contribution < 1.29 is 9.53 Å². The second kappa shape index (κ2) is 10.0. The Bertz CT molecular complexity index is 1270. The molecule has 1 aromatic carbocycles. The van der Waals surface area contributed by atoms with Crippen LogP contribution in [0.25, 0.3) is 10.9 Å². The minimum atomic E-state index is -0.286. The molecular formula is C25H30ClN5O3. The van der Waals surface area contributed by atoms with Gasteiger partial charge in [-0.1, -0.05) is 32.4 Å². The molecule has 0 spiro atoms. The number of ketones is 1. The predicted molar refractivity (Wildman–Crippen MR) is 135 cm³/mol. The normalized spacial score (nSPS) is 18.2. The van der Waals surface area contributed by atoms with E-state index in [0.717, 1.165) is 29.7 Å². The van der Waals surface area contributed by atoms with Gasteiger partial charge in [0.1, 0.15) is 11.6 Å². The van der Waals surface area contributed by atoms with Crippen molar-refractivity contribution in [3.05, 3.63) is 45.8 Å². The van der Waals surface area contributed by atoms with E-state index >= 15 is 0 Å². The topological polar surface area (TPSA) is 89.3 Å². The molecule has 4 rings (SSSR count). The van der Waals surface area contributed by atoms with Crippen molar-refractivity contribution in [2.24, 2.45) is 18.9 Å². The molecule has 180 valence electrons. The van der Waals surface area contributed by atoms with Crippen LogP contribution >= 0.6 is 11.6 Å². The van der Waals surface area contributed by atoms with Crippen LogP contribution in [0, 0.1) is 11.8 Å². The maximum atomic E-state index is 12.6. The molecule has 9 heteroatoms. The van der Waals surface area contributed by atoms with Crippen LogP contribution in [0.4, 0.5) is 17.5 Å². The number of carbonyl (C=O) groups excluding carboxylic acids is 1. The summed E-state index contributed by atoms with van der Waals surface area (Å²) >= 11 is 6.41. The Morgan fingerprint density at radius 1 is 1.24 bits per heavy atom. The SMILES string of the molecule is CCC(=O)COc1cc2cc(Nc3nc(N4C[C@H](C)C[C@H](C)C4)ncc3Cl)ccc2n(C)c1=O. The van der Waals surface area contributed by atoms with Crippen LogP contribution in [0.15, 0.2) is 35.3 Å². The molecule has 3 aromatic rings. The molecule has 0 saturated carbocycles. The largest absolute Gasteiger partial charge is 0.480 e. The smallest absolute Gasteiger partial charge is 0.293 e. The summed E-state index contributed by atoms with van der Waals surface area (Å²) in [5.74, 6) is 2.41. The lowest BCUT2D eigenvalue weighted by Gasteiger charge is -2.35. The third kappa shape index (κ3) is 5.17. The Labute approximate surface area is 203 Å². The number of anilines is 3. The van der Waals surface area contributed by atoms with Crippen LogP contribution in [0.3, 0.4) is 0 Å². The minimum absolute atomic E-state index is 0.0655. The van der Waals surface area contributed by atoms with Crippen molar-refractivity contribution >= 4 is 45.7 Å². The summed E-state index contributed by atoms with van der Waals surface area (Å²) < 4.78 is 7.02. The number of aryl methyl sites for hydroxylation is 1. The molecule has 0 radical (unpaired) electrons. The van der Waals surface area contributed by atoms with E-state index in [9.17, 15) is 9.59 Å². The number of rotatable bonds is 7. The highest BCUT2D eigenvalue weighted by Gasteiger charge is 2.24. The lowest BCUT2D eigenvalue weighted by atomic mass is 9.92. The Hall–Kier alpha value is -3.13. The molecule has 0 bridgehead atoms. The fourth-order valence-corrected chi connectivity index (χ4v) is 4.59. The monoisotopic (exact) mass is 483 g/mol. The highest BCUT2D eigenvalue weighted by Crippen LogP contribution is 2.29. The number of hydrogen-bond donors (Lipinski definition) is 1. The fraction of sp³-hybridized carbons (Fsp3) is 0.440. The molecule has 8 nitrogen and oxygen atoms in total. The molecular weight excluding hydrogens is 454 g/mol. The van der Waals surface area contributed by atoms with Crippen LogP contribution in [-0.4, -0.2) is 40.0 Å². The zero-order chi connectivity index (χ0) is 24.4. The summed E-state index contributed by atoms with van der Waals surface area (Å²) in [7, 11) is 1.68. The number of pyridine rings is 1. The lowest BCUT2D eigenvalue weighted by molar-refractivity contribution is -0.120. The van der Waals surface area contributed by atoms with Gasteiger partial charge in [-0.25, -0.2) is 4.98 Å². The number of nitrogens with one attached hydrogen (secondary N) is 1. The molecule has 1 saturated heterocycles. The fourth-order valence-electron chi connectivity index (χ4n) is 4.46. The lowest BCUT2D eigenvalue weighted by Crippen LogP contribution is -2.39. The first-order valence-corrected chi connectivity index (χ1v) is 12.0. The number of hydrogen-bond acceptors (Lipinski definition) is 7. The Balaban J connectivity index is 1.62. The van der Waals surface area contributed by atoms with Gasteiger partial charge in [0.25, 0.3) is 5.56 Å². The zero-order valence-electron chi connectivity index (χ0n) is 20.0. The second-order valence-electron chi connectivity index (χ2n) is 9.17. The molecule has 1 N–H and O–H groups in total. The van der Waals surface area contributed by atoms with E-state index in [1.54, 1.807) is 26.2 Å². The van der Waals surface area contributed by atoms with Gasteiger partial charge in [0.15, 0.2) is 17.4 Å². The van der Waals surface area contributed by atoms with Crippen molar-refractivity contribution in [2.75, 3.05) is 29.9 Å².